The van der Waals surface area contributed by atoms with Gasteiger partial charge in [0.25, 0.3) is 0 Å². The lowest BCUT2D eigenvalue weighted by molar-refractivity contribution is -0.121. The fourth-order valence-corrected chi connectivity index (χ4v) is 8.95. The minimum Gasteiger partial charge on any atom is -0.379 e. The quantitative estimate of drug-likeness (QED) is 0.0591. The number of aromatic amines is 1. The molecule has 7 rings (SSSR count). The molecule has 0 bridgehead atoms. The number of fused-ring (bicyclic) bond motifs is 5. The molecule has 0 fully saturated rings. The van der Waals surface area contributed by atoms with Crippen molar-refractivity contribution in [1.82, 2.24) is 19.6 Å². The SMILES string of the molecule is CN(CCCN1c2ccccc2CCc2ccc(Cl)cc21)S(=O)(=O)c1ccc(NC(=O)CCOCCOCCOCCNC(=O)CCc2ccc3c(c2)[nH]c2ccncc23)cc1. The van der Waals surface area contributed by atoms with Crippen LogP contribution in [0.3, 0.4) is 0 Å². The monoisotopic (exact) mass is 880 g/mol. The minimum absolute atomic E-state index is 0.0275. The van der Waals surface area contributed by atoms with E-state index in [1.54, 1.807) is 25.4 Å². The number of ether oxygens (including phenoxy) is 3. The zero-order chi connectivity index (χ0) is 43.3. The predicted octanol–water partition coefficient (Wildman–Crippen LogP) is 7.44. The van der Waals surface area contributed by atoms with Gasteiger partial charge in [0.15, 0.2) is 0 Å². The maximum Gasteiger partial charge on any atom is 0.242 e. The number of aromatic nitrogens is 2. The number of nitrogens with one attached hydrogen (secondary N) is 3. The van der Waals surface area contributed by atoms with Gasteiger partial charge in [-0.05, 0) is 97.0 Å². The molecule has 0 spiro atoms. The number of anilines is 3. The van der Waals surface area contributed by atoms with E-state index in [1.807, 2.05) is 36.5 Å². The summed E-state index contributed by atoms with van der Waals surface area (Å²) in [5.41, 5.74) is 8.31. The van der Waals surface area contributed by atoms with Crippen molar-refractivity contribution in [1.29, 1.82) is 0 Å². The van der Waals surface area contributed by atoms with Gasteiger partial charge in [-0.3, -0.25) is 14.6 Å². The number of benzene rings is 4. The van der Waals surface area contributed by atoms with Gasteiger partial charge in [-0.25, -0.2) is 12.7 Å². The van der Waals surface area contributed by atoms with Crippen LogP contribution in [0.5, 0.6) is 0 Å². The van der Waals surface area contributed by atoms with Crippen molar-refractivity contribution in [3.8, 4) is 0 Å². The van der Waals surface area contributed by atoms with Gasteiger partial charge < -0.3 is 34.7 Å². The van der Waals surface area contributed by atoms with Gasteiger partial charge in [-0.15, -0.1) is 0 Å². The molecule has 326 valence electrons. The Morgan fingerprint density at radius 3 is 2.34 bits per heavy atom. The average Bonchev–Trinajstić information content (AvgIpc) is 3.57. The van der Waals surface area contributed by atoms with Gasteiger partial charge in [0.2, 0.25) is 21.8 Å². The number of sulfonamides is 1. The zero-order valence-corrected chi connectivity index (χ0v) is 36.5. The van der Waals surface area contributed by atoms with Crippen molar-refractivity contribution in [2.24, 2.45) is 0 Å². The van der Waals surface area contributed by atoms with Crippen LogP contribution in [0, 0.1) is 0 Å². The molecule has 4 aromatic carbocycles. The summed E-state index contributed by atoms with van der Waals surface area (Å²) in [4.78, 5) is 34.9. The Labute approximate surface area is 367 Å². The fourth-order valence-electron chi connectivity index (χ4n) is 7.57. The lowest BCUT2D eigenvalue weighted by atomic mass is 10.0. The van der Waals surface area contributed by atoms with E-state index < -0.39 is 10.0 Å². The van der Waals surface area contributed by atoms with Crippen molar-refractivity contribution in [2.45, 2.75) is 43.4 Å². The number of nitrogens with zero attached hydrogens (tertiary/aromatic N) is 3. The van der Waals surface area contributed by atoms with Gasteiger partial charge in [0, 0.05) is 89.4 Å². The molecule has 3 heterocycles. The molecule has 0 saturated heterocycles. The van der Waals surface area contributed by atoms with Crippen LogP contribution in [0.1, 0.15) is 36.0 Å². The molecule has 1 aliphatic rings. The number of para-hydroxylation sites is 1. The number of halogens is 1. The van der Waals surface area contributed by atoms with Gasteiger partial charge in [-0.2, -0.15) is 0 Å². The van der Waals surface area contributed by atoms with Crippen molar-refractivity contribution in [3.63, 3.8) is 0 Å². The molecular formula is C47H53ClN6O7S. The Hall–Kier alpha value is -5.35. The fraction of sp³-hybridized carbons (Fsp3) is 0.340. The van der Waals surface area contributed by atoms with Crippen LogP contribution in [0.4, 0.5) is 17.1 Å². The Kier molecular flexibility index (Phi) is 15.6. The zero-order valence-electron chi connectivity index (χ0n) is 34.9. The van der Waals surface area contributed by atoms with Crippen molar-refractivity contribution < 1.29 is 32.2 Å². The van der Waals surface area contributed by atoms with E-state index in [0.717, 1.165) is 51.6 Å². The Morgan fingerprint density at radius 2 is 1.53 bits per heavy atom. The number of hydrogen-bond acceptors (Lipinski definition) is 9. The van der Waals surface area contributed by atoms with Crippen LogP contribution < -0.4 is 15.5 Å². The molecule has 2 amide bonds. The molecule has 6 aromatic rings. The molecule has 0 radical (unpaired) electrons. The second-order valence-corrected chi connectivity index (χ2v) is 17.7. The van der Waals surface area contributed by atoms with E-state index in [-0.39, 0.29) is 29.7 Å². The van der Waals surface area contributed by atoms with Gasteiger partial charge in [0.05, 0.1) is 51.0 Å². The Bertz CT molecular complexity index is 2570. The van der Waals surface area contributed by atoms with E-state index in [0.29, 0.717) is 82.6 Å². The highest BCUT2D eigenvalue weighted by Crippen LogP contribution is 2.37. The summed E-state index contributed by atoms with van der Waals surface area (Å²) in [6.45, 7) is 3.38. The molecule has 0 saturated carbocycles. The summed E-state index contributed by atoms with van der Waals surface area (Å²) < 4.78 is 44.9. The first-order valence-electron chi connectivity index (χ1n) is 21.0. The topological polar surface area (TPSA) is 155 Å². The first-order valence-corrected chi connectivity index (χ1v) is 22.8. The number of rotatable bonds is 22. The number of aryl methyl sites for hydroxylation is 3. The van der Waals surface area contributed by atoms with Crippen LogP contribution in [0.25, 0.3) is 21.8 Å². The number of pyridine rings is 1. The third kappa shape index (κ3) is 11.8. The highest BCUT2D eigenvalue weighted by atomic mass is 35.5. The van der Waals surface area contributed by atoms with Gasteiger partial charge in [-0.1, -0.05) is 48.0 Å². The Balaban J connectivity index is 0.717. The van der Waals surface area contributed by atoms with Crippen LogP contribution >= 0.6 is 11.6 Å². The lowest BCUT2D eigenvalue weighted by Crippen LogP contribution is -2.30. The number of carbonyl (C=O) groups is 2. The number of carbonyl (C=O) groups excluding carboxylic acids is 2. The largest absolute Gasteiger partial charge is 0.379 e. The minimum atomic E-state index is -3.75. The van der Waals surface area contributed by atoms with Crippen molar-refractivity contribution in [3.05, 3.63) is 125 Å². The van der Waals surface area contributed by atoms with E-state index in [4.69, 9.17) is 25.8 Å². The third-order valence-corrected chi connectivity index (χ3v) is 13.0. The summed E-state index contributed by atoms with van der Waals surface area (Å²) >= 11 is 6.41. The highest BCUT2D eigenvalue weighted by Gasteiger charge is 2.24. The maximum absolute atomic E-state index is 13.5. The van der Waals surface area contributed by atoms with Gasteiger partial charge >= 0.3 is 0 Å². The number of H-pyrrole nitrogens is 1. The van der Waals surface area contributed by atoms with Crippen molar-refractivity contribution >= 4 is 72.3 Å². The van der Waals surface area contributed by atoms with Crippen LogP contribution in [-0.4, -0.2) is 101 Å². The molecule has 62 heavy (non-hydrogen) atoms. The van der Waals surface area contributed by atoms with Crippen molar-refractivity contribution in [2.75, 3.05) is 76.5 Å². The van der Waals surface area contributed by atoms with E-state index in [9.17, 15) is 18.0 Å². The molecule has 3 N–H and O–H groups in total. The predicted molar refractivity (Wildman–Crippen MR) is 244 cm³/mol. The molecule has 0 aliphatic carbocycles. The molecule has 0 unspecified atom stereocenters. The number of amides is 2. The second-order valence-electron chi connectivity index (χ2n) is 15.2. The molecule has 1 aliphatic heterocycles. The smallest absolute Gasteiger partial charge is 0.242 e. The molecular weight excluding hydrogens is 828 g/mol. The van der Waals surface area contributed by atoms with Crippen LogP contribution in [0.2, 0.25) is 5.02 Å². The molecule has 15 heteroatoms. The van der Waals surface area contributed by atoms with E-state index in [1.165, 1.54) is 27.6 Å². The molecule has 0 atom stereocenters. The standard InChI is InChI=1S/C47H53ClN6O7S/c1-53(23-4-24-54-44-6-3-2-5-35(44)9-10-36-11-12-37(48)32-45(36)54)62(57,58)39-15-13-38(14-16-39)51-47(56)20-25-59-27-29-61-30-28-60-26-22-50-46(55)18-8-34-7-17-40-41-33-49-21-19-42(41)52-43(40)31-34/h2-3,5-7,11-17,19,21,31-33,52H,4,8-10,18,20,22-30H2,1H3,(H,50,55)(H,51,56). The first kappa shape index (κ1) is 44.7. The summed E-state index contributed by atoms with van der Waals surface area (Å²) in [6.07, 6.45) is 7.21. The normalized spacial score (nSPS) is 12.7. The average molecular weight is 881 g/mol. The third-order valence-electron chi connectivity index (χ3n) is 10.9. The summed E-state index contributed by atoms with van der Waals surface area (Å²) in [7, 11) is -2.17. The first-order chi connectivity index (χ1) is 30.2. The summed E-state index contributed by atoms with van der Waals surface area (Å²) in [6, 6.07) is 28.7. The van der Waals surface area contributed by atoms with E-state index >= 15 is 0 Å². The second kappa shape index (κ2) is 21.6. The summed E-state index contributed by atoms with van der Waals surface area (Å²) in [5.74, 6) is -0.276. The van der Waals surface area contributed by atoms with Crippen LogP contribution in [0.15, 0.2) is 108 Å². The maximum atomic E-state index is 13.5. The van der Waals surface area contributed by atoms with Crippen LogP contribution in [-0.2, 0) is 53.1 Å². The lowest BCUT2D eigenvalue weighted by Gasteiger charge is -2.28. The number of hydrogen-bond donors (Lipinski definition) is 3. The highest BCUT2D eigenvalue weighted by molar-refractivity contribution is 7.89. The van der Waals surface area contributed by atoms with E-state index in [2.05, 4.69) is 61.9 Å². The van der Waals surface area contributed by atoms with Gasteiger partial charge in [0.1, 0.15) is 0 Å². The molecule has 2 aromatic heterocycles. The Morgan fingerprint density at radius 1 is 0.790 bits per heavy atom. The molecule has 13 nitrogen and oxygen atoms in total. The summed E-state index contributed by atoms with van der Waals surface area (Å²) in [5, 5.41) is 8.56.